The van der Waals surface area contributed by atoms with Gasteiger partial charge in [0.05, 0.1) is 37.9 Å². The van der Waals surface area contributed by atoms with Gasteiger partial charge in [-0.05, 0) is 24.8 Å². The van der Waals surface area contributed by atoms with Crippen molar-refractivity contribution in [3.63, 3.8) is 0 Å². The zero-order valence-electron chi connectivity index (χ0n) is 17.6. The summed E-state index contributed by atoms with van der Waals surface area (Å²) in [5.74, 6) is 1.46. The van der Waals surface area contributed by atoms with E-state index in [-0.39, 0.29) is 5.91 Å². The van der Waals surface area contributed by atoms with E-state index in [1.807, 2.05) is 6.26 Å². The Morgan fingerprint density at radius 2 is 2.03 bits per heavy atom. The number of nitrogens with one attached hydrogen (secondary N) is 2. The van der Waals surface area contributed by atoms with Crippen molar-refractivity contribution in [1.29, 1.82) is 0 Å². The number of para-hydroxylation sites is 1. The molecule has 2 aromatic heterocycles. The number of carbonyl (C=O) groups excluding carboxylic acids is 1. The number of aromatic nitrogens is 4. The number of ether oxygens (including phenoxy) is 2. The lowest BCUT2D eigenvalue weighted by atomic mass is 10.1. The van der Waals surface area contributed by atoms with Gasteiger partial charge in [-0.2, -0.15) is 5.10 Å². The van der Waals surface area contributed by atoms with Gasteiger partial charge in [0, 0.05) is 13.1 Å². The summed E-state index contributed by atoms with van der Waals surface area (Å²) in [6.07, 6.45) is 4.69. The van der Waals surface area contributed by atoms with Crippen LogP contribution in [-0.4, -0.2) is 59.2 Å². The standard InChI is InChI=1S/C20H26N6O3S/c1-5-9-21-17-14-12-23-26(18(14)25-20(24-17)30-4)11-10-22-19(27)13-7-6-8-15(28-2)16(13)29-3/h6-8,12H,5,9-11H2,1-4H3,(H,22,27)(H,21,24,25). The number of carbonyl (C=O) groups is 1. The average Bonchev–Trinajstić information content (AvgIpc) is 3.19. The quantitative estimate of drug-likeness (QED) is 0.374. The first kappa shape index (κ1) is 21.7. The highest BCUT2D eigenvalue weighted by Gasteiger charge is 2.17. The van der Waals surface area contributed by atoms with Crippen LogP contribution in [0.2, 0.25) is 0 Å². The van der Waals surface area contributed by atoms with Crippen molar-refractivity contribution < 1.29 is 14.3 Å². The van der Waals surface area contributed by atoms with Crippen molar-refractivity contribution in [3.8, 4) is 11.5 Å². The number of fused-ring (bicyclic) bond motifs is 1. The maximum Gasteiger partial charge on any atom is 0.255 e. The molecule has 30 heavy (non-hydrogen) atoms. The molecule has 0 atom stereocenters. The molecule has 0 bridgehead atoms. The largest absolute Gasteiger partial charge is 0.493 e. The molecule has 2 N–H and O–H groups in total. The minimum atomic E-state index is -0.244. The summed E-state index contributed by atoms with van der Waals surface area (Å²) in [6, 6.07) is 5.20. The van der Waals surface area contributed by atoms with E-state index in [4.69, 9.17) is 9.47 Å². The maximum atomic E-state index is 12.6. The third kappa shape index (κ3) is 4.59. The zero-order valence-corrected chi connectivity index (χ0v) is 18.4. The number of rotatable bonds is 10. The SMILES string of the molecule is CCCNc1nc(SC)nc2c1cnn2CCNC(=O)c1cccc(OC)c1OC. The van der Waals surface area contributed by atoms with E-state index in [1.165, 1.54) is 26.0 Å². The van der Waals surface area contributed by atoms with E-state index >= 15 is 0 Å². The van der Waals surface area contributed by atoms with E-state index in [9.17, 15) is 4.79 Å². The van der Waals surface area contributed by atoms with Gasteiger partial charge in [-0.3, -0.25) is 4.79 Å². The molecule has 9 nitrogen and oxygen atoms in total. The van der Waals surface area contributed by atoms with Crippen LogP contribution in [-0.2, 0) is 6.54 Å². The monoisotopic (exact) mass is 430 g/mol. The Balaban J connectivity index is 1.74. The summed E-state index contributed by atoms with van der Waals surface area (Å²) in [7, 11) is 3.05. The van der Waals surface area contributed by atoms with E-state index < -0.39 is 0 Å². The Kier molecular flexibility index (Phi) is 7.34. The minimum absolute atomic E-state index is 0.244. The molecule has 3 rings (SSSR count). The third-order valence-corrected chi connectivity index (χ3v) is 5.01. The number of amides is 1. The van der Waals surface area contributed by atoms with Crippen LogP contribution in [0.3, 0.4) is 0 Å². The summed E-state index contributed by atoms with van der Waals surface area (Å²) < 4.78 is 12.4. The summed E-state index contributed by atoms with van der Waals surface area (Å²) in [5, 5.41) is 12.2. The molecule has 0 saturated heterocycles. The van der Waals surface area contributed by atoms with Gasteiger partial charge in [0.25, 0.3) is 5.91 Å². The molecule has 0 aliphatic carbocycles. The first-order chi connectivity index (χ1) is 14.6. The first-order valence-corrected chi connectivity index (χ1v) is 10.9. The van der Waals surface area contributed by atoms with Crippen LogP contribution in [0.4, 0.5) is 5.82 Å². The molecule has 0 unspecified atom stereocenters. The highest BCUT2D eigenvalue weighted by molar-refractivity contribution is 7.98. The van der Waals surface area contributed by atoms with Gasteiger partial charge in [0.15, 0.2) is 22.3 Å². The van der Waals surface area contributed by atoms with Gasteiger partial charge in [-0.1, -0.05) is 24.8 Å². The van der Waals surface area contributed by atoms with Crippen LogP contribution < -0.4 is 20.1 Å². The number of anilines is 1. The first-order valence-electron chi connectivity index (χ1n) is 9.63. The van der Waals surface area contributed by atoms with Crippen LogP contribution in [0.25, 0.3) is 11.0 Å². The van der Waals surface area contributed by atoms with Crippen molar-refractivity contribution in [2.75, 3.05) is 38.9 Å². The van der Waals surface area contributed by atoms with Crippen molar-refractivity contribution >= 4 is 34.5 Å². The lowest BCUT2D eigenvalue weighted by Crippen LogP contribution is -2.28. The lowest BCUT2D eigenvalue weighted by molar-refractivity contribution is 0.0948. The summed E-state index contributed by atoms with van der Waals surface area (Å²) in [6.45, 7) is 3.78. The van der Waals surface area contributed by atoms with Gasteiger partial charge in [-0.15, -0.1) is 0 Å². The van der Waals surface area contributed by atoms with Crippen molar-refractivity contribution in [2.45, 2.75) is 25.0 Å². The number of hydrogen-bond acceptors (Lipinski definition) is 8. The van der Waals surface area contributed by atoms with E-state index in [2.05, 4.69) is 32.6 Å². The van der Waals surface area contributed by atoms with E-state index in [0.717, 1.165) is 29.8 Å². The molecule has 0 radical (unpaired) electrons. The fraction of sp³-hybridized carbons (Fsp3) is 0.400. The van der Waals surface area contributed by atoms with Gasteiger partial charge < -0.3 is 20.1 Å². The topological polar surface area (TPSA) is 103 Å². The van der Waals surface area contributed by atoms with E-state index in [0.29, 0.717) is 35.3 Å². The predicted molar refractivity (Wildman–Crippen MR) is 118 cm³/mol. The second-order valence-electron chi connectivity index (χ2n) is 6.39. The smallest absolute Gasteiger partial charge is 0.255 e. The summed E-state index contributed by atoms with van der Waals surface area (Å²) in [4.78, 5) is 21.8. The highest BCUT2D eigenvalue weighted by atomic mass is 32.2. The van der Waals surface area contributed by atoms with Crippen molar-refractivity contribution in [2.24, 2.45) is 0 Å². The minimum Gasteiger partial charge on any atom is -0.493 e. The predicted octanol–water partition coefficient (Wildman–Crippen LogP) is 2.82. The normalized spacial score (nSPS) is 10.8. The van der Waals surface area contributed by atoms with Crippen LogP contribution in [0, 0.1) is 0 Å². The van der Waals surface area contributed by atoms with Crippen molar-refractivity contribution in [3.05, 3.63) is 30.0 Å². The van der Waals surface area contributed by atoms with Crippen LogP contribution in [0.1, 0.15) is 23.7 Å². The van der Waals surface area contributed by atoms with Gasteiger partial charge in [-0.25, -0.2) is 14.6 Å². The van der Waals surface area contributed by atoms with Crippen LogP contribution in [0.15, 0.2) is 29.6 Å². The Bertz CT molecular complexity index is 1020. The molecule has 0 spiro atoms. The Labute approximate surface area is 179 Å². The number of nitrogens with zero attached hydrogens (tertiary/aromatic N) is 4. The van der Waals surface area contributed by atoms with Gasteiger partial charge in [0.1, 0.15) is 5.82 Å². The Hall–Kier alpha value is -3.01. The maximum absolute atomic E-state index is 12.6. The third-order valence-electron chi connectivity index (χ3n) is 4.46. The van der Waals surface area contributed by atoms with Crippen molar-refractivity contribution in [1.82, 2.24) is 25.1 Å². The molecule has 0 aliphatic rings. The molecule has 160 valence electrons. The number of thioether (sulfide) groups is 1. The Morgan fingerprint density at radius 3 is 2.73 bits per heavy atom. The van der Waals surface area contributed by atoms with E-state index in [1.54, 1.807) is 29.1 Å². The van der Waals surface area contributed by atoms with Crippen LogP contribution in [0.5, 0.6) is 11.5 Å². The molecule has 3 aromatic rings. The number of hydrogen-bond donors (Lipinski definition) is 2. The highest BCUT2D eigenvalue weighted by Crippen LogP contribution is 2.30. The fourth-order valence-corrected chi connectivity index (χ4v) is 3.37. The molecule has 1 aromatic carbocycles. The second-order valence-corrected chi connectivity index (χ2v) is 7.16. The molecule has 0 aliphatic heterocycles. The van der Waals surface area contributed by atoms with Gasteiger partial charge in [0.2, 0.25) is 0 Å². The fourth-order valence-electron chi connectivity index (χ4n) is 3.00. The molecule has 1 amide bonds. The molecule has 0 fully saturated rings. The second kappa shape index (κ2) is 10.1. The average molecular weight is 431 g/mol. The zero-order chi connectivity index (χ0) is 21.5. The summed E-state index contributed by atoms with van der Waals surface area (Å²) >= 11 is 1.48. The number of benzene rings is 1. The molecule has 2 heterocycles. The lowest BCUT2D eigenvalue weighted by Gasteiger charge is -2.12. The van der Waals surface area contributed by atoms with Gasteiger partial charge >= 0.3 is 0 Å². The van der Waals surface area contributed by atoms with Crippen LogP contribution >= 0.6 is 11.8 Å². The Morgan fingerprint density at radius 1 is 1.20 bits per heavy atom. The molecular formula is C20H26N6O3S. The molecule has 10 heteroatoms. The summed E-state index contributed by atoms with van der Waals surface area (Å²) in [5.41, 5.74) is 1.15. The number of methoxy groups -OCH3 is 2. The molecule has 0 saturated carbocycles. The molecular weight excluding hydrogens is 404 g/mol.